The Morgan fingerprint density at radius 1 is 1.05 bits per heavy atom. The number of nitrogens with zero attached hydrogens (tertiary/aromatic N) is 5. The molecule has 1 aliphatic heterocycles. The van der Waals surface area contributed by atoms with Crippen molar-refractivity contribution in [3.05, 3.63) is 82.4 Å². The van der Waals surface area contributed by atoms with Crippen LogP contribution in [0.3, 0.4) is 0 Å². The number of fused-ring (bicyclic) bond motifs is 3. The zero-order chi connectivity index (χ0) is 28.6. The van der Waals surface area contributed by atoms with Crippen LogP contribution in [0.1, 0.15) is 18.1 Å². The van der Waals surface area contributed by atoms with Gasteiger partial charge in [-0.3, -0.25) is 24.1 Å². The second-order valence-electron chi connectivity index (χ2n) is 9.50. The average Bonchev–Trinajstić information content (AvgIpc) is 2.95. The monoisotopic (exact) mass is 548 g/mol. The summed E-state index contributed by atoms with van der Waals surface area (Å²) in [5.74, 6) is -0.109. The van der Waals surface area contributed by atoms with Crippen molar-refractivity contribution in [2.75, 3.05) is 38.1 Å². The van der Waals surface area contributed by atoms with E-state index in [2.05, 4.69) is 9.98 Å². The van der Waals surface area contributed by atoms with Crippen molar-refractivity contribution in [1.29, 1.82) is 0 Å². The highest BCUT2D eigenvalue weighted by Gasteiger charge is 2.36. The first-order chi connectivity index (χ1) is 19.1. The molecule has 2 N–H and O–H groups in total. The zero-order valence-corrected chi connectivity index (χ0v) is 21.9. The number of halogens is 3. The Bertz CT molecular complexity index is 1730. The van der Waals surface area contributed by atoms with Gasteiger partial charge < -0.3 is 15.5 Å². The second-order valence-corrected chi connectivity index (χ2v) is 9.50. The maximum Gasteiger partial charge on any atom is 0.418 e. The molecule has 3 heterocycles. The highest BCUT2D eigenvalue weighted by Crippen LogP contribution is 2.39. The zero-order valence-electron chi connectivity index (χ0n) is 21.9. The minimum atomic E-state index is -4.67. The minimum absolute atomic E-state index is 0.0122. The highest BCUT2D eigenvalue weighted by molar-refractivity contribution is 6.12. The number of aliphatic imine (C=N–C) groups is 1. The molecule has 1 aliphatic rings. The average molecular weight is 549 g/mol. The third-order valence-corrected chi connectivity index (χ3v) is 7.11. The normalized spacial score (nSPS) is 15.0. The van der Waals surface area contributed by atoms with E-state index in [1.54, 1.807) is 47.5 Å². The first-order valence-corrected chi connectivity index (χ1v) is 12.6. The van der Waals surface area contributed by atoms with E-state index < -0.39 is 17.3 Å². The van der Waals surface area contributed by atoms with Crippen LogP contribution < -0.4 is 16.2 Å². The van der Waals surface area contributed by atoms with Crippen LogP contribution in [0.5, 0.6) is 0 Å². The van der Waals surface area contributed by atoms with Crippen LogP contribution in [0, 0.1) is 0 Å². The molecular formula is C29H27F3N6O2. The molecule has 8 nitrogen and oxygen atoms in total. The summed E-state index contributed by atoms with van der Waals surface area (Å²) in [5.41, 5.74) is 6.91. The lowest BCUT2D eigenvalue weighted by molar-refractivity contribution is -0.137. The van der Waals surface area contributed by atoms with E-state index in [0.717, 1.165) is 6.07 Å². The molecule has 0 aliphatic carbocycles. The van der Waals surface area contributed by atoms with Gasteiger partial charge in [0.05, 0.1) is 22.3 Å². The quantitative estimate of drug-likeness (QED) is 0.304. The summed E-state index contributed by atoms with van der Waals surface area (Å²) in [4.78, 5) is 36.7. The van der Waals surface area contributed by atoms with Crippen molar-refractivity contribution >= 4 is 45.2 Å². The smallest absolute Gasteiger partial charge is 0.404 e. The standard InChI is InChI=1S/C29H27F3N6O2/c1-18(39)36-9-11-37(12-10-36)26-7-5-22(14-24(26)29(30,31)32)38-27(40)8-4-20-17-35-25-6-3-19(13-23(25)28(20)38)21(15-33)16-34-2/h3-8,13-17H,9-12,33H2,1-2H3. The van der Waals surface area contributed by atoms with Gasteiger partial charge in [-0.05, 0) is 42.0 Å². The summed E-state index contributed by atoms with van der Waals surface area (Å²) in [7, 11) is 1.62. The SMILES string of the molecule is CN=CC(=CN)c1ccc2ncc3ccc(=O)n(-c4ccc(N5CCN(C(C)=O)CC5)c(C(F)(F)F)c4)c3c2c1. The molecule has 1 saturated heterocycles. The van der Waals surface area contributed by atoms with Gasteiger partial charge in [-0.1, -0.05) is 6.07 Å². The van der Waals surface area contributed by atoms with E-state index in [4.69, 9.17) is 5.73 Å². The van der Waals surface area contributed by atoms with Crippen molar-refractivity contribution in [3.8, 4) is 5.69 Å². The fraction of sp³-hybridized carbons (Fsp3) is 0.241. The van der Waals surface area contributed by atoms with Gasteiger partial charge in [0, 0.05) is 86.9 Å². The molecule has 40 heavy (non-hydrogen) atoms. The fourth-order valence-electron chi connectivity index (χ4n) is 5.13. The van der Waals surface area contributed by atoms with Gasteiger partial charge in [-0.25, -0.2) is 0 Å². The number of pyridine rings is 2. The lowest BCUT2D eigenvalue weighted by Crippen LogP contribution is -2.48. The molecule has 0 spiro atoms. The van der Waals surface area contributed by atoms with Crippen LogP contribution in [0.2, 0.25) is 0 Å². The molecule has 1 amide bonds. The lowest BCUT2D eigenvalue weighted by atomic mass is 10.0. The summed E-state index contributed by atoms with van der Waals surface area (Å²) in [5, 5.41) is 1.17. The third kappa shape index (κ3) is 4.90. The molecule has 206 valence electrons. The molecule has 0 saturated carbocycles. The van der Waals surface area contributed by atoms with Crippen LogP contribution in [-0.2, 0) is 11.0 Å². The third-order valence-electron chi connectivity index (χ3n) is 7.11. The van der Waals surface area contributed by atoms with Crippen LogP contribution in [-0.4, -0.2) is 59.8 Å². The molecule has 1 fully saturated rings. The number of allylic oxidation sites excluding steroid dienone is 1. The van der Waals surface area contributed by atoms with Gasteiger partial charge in [0.25, 0.3) is 5.56 Å². The van der Waals surface area contributed by atoms with Gasteiger partial charge in [-0.15, -0.1) is 0 Å². The highest BCUT2D eigenvalue weighted by atomic mass is 19.4. The van der Waals surface area contributed by atoms with E-state index in [1.165, 1.54) is 35.9 Å². The topological polar surface area (TPSA) is 96.8 Å². The molecule has 0 unspecified atom stereocenters. The maximum absolute atomic E-state index is 14.4. The van der Waals surface area contributed by atoms with E-state index in [1.807, 2.05) is 6.07 Å². The fourth-order valence-corrected chi connectivity index (χ4v) is 5.13. The predicted octanol–water partition coefficient (Wildman–Crippen LogP) is 4.23. The Labute approximate surface area is 227 Å². The number of benzene rings is 2. The van der Waals surface area contributed by atoms with Crippen molar-refractivity contribution in [2.45, 2.75) is 13.1 Å². The van der Waals surface area contributed by atoms with E-state index >= 15 is 0 Å². The number of carbonyl (C=O) groups is 1. The number of rotatable bonds is 4. The molecule has 0 radical (unpaired) electrons. The van der Waals surface area contributed by atoms with Crippen molar-refractivity contribution in [2.24, 2.45) is 10.7 Å². The Kier molecular flexibility index (Phi) is 7.05. The summed E-state index contributed by atoms with van der Waals surface area (Å²) < 4.78 is 44.5. The minimum Gasteiger partial charge on any atom is -0.404 e. The van der Waals surface area contributed by atoms with Gasteiger partial charge in [0.2, 0.25) is 5.91 Å². The Balaban J connectivity index is 1.71. The van der Waals surface area contributed by atoms with Gasteiger partial charge in [0.15, 0.2) is 0 Å². The molecular weight excluding hydrogens is 521 g/mol. The van der Waals surface area contributed by atoms with Crippen LogP contribution >= 0.6 is 0 Å². The first-order valence-electron chi connectivity index (χ1n) is 12.6. The van der Waals surface area contributed by atoms with Crippen molar-refractivity contribution in [3.63, 3.8) is 0 Å². The molecule has 11 heteroatoms. The molecule has 2 aromatic carbocycles. The number of piperazine rings is 1. The van der Waals surface area contributed by atoms with Gasteiger partial charge in [-0.2, -0.15) is 13.2 Å². The number of hydrogen-bond donors (Lipinski definition) is 1. The number of hydrogen-bond acceptors (Lipinski definition) is 6. The summed E-state index contributed by atoms with van der Waals surface area (Å²) in [6, 6.07) is 12.2. The summed E-state index contributed by atoms with van der Waals surface area (Å²) in [6.07, 6.45) is -0.0793. The van der Waals surface area contributed by atoms with Crippen LogP contribution in [0.15, 0.2) is 70.7 Å². The Morgan fingerprint density at radius 2 is 1.80 bits per heavy atom. The number of anilines is 1. The van der Waals surface area contributed by atoms with Crippen molar-refractivity contribution in [1.82, 2.24) is 14.5 Å². The Hall–Kier alpha value is -4.67. The number of alkyl halides is 3. The van der Waals surface area contributed by atoms with Crippen LogP contribution in [0.4, 0.5) is 18.9 Å². The van der Waals surface area contributed by atoms with E-state index in [-0.39, 0.29) is 30.4 Å². The van der Waals surface area contributed by atoms with Gasteiger partial charge >= 0.3 is 6.18 Å². The molecule has 5 rings (SSSR count). The molecule has 0 atom stereocenters. The Morgan fingerprint density at radius 3 is 2.45 bits per heavy atom. The van der Waals surface area contributed by atoms with Crippen LogP contribution in [0.25, 0.3) is 33.1 Å². The number of aromatic nitrogens is 2. The molecule has 2 aromatic heterocycles. The lowest BCUT2D eigenvalue weighted by Gasteiger charge is -2.36. The number of nitrogens with two attached hydrogens (primary N) is 1. The summed E-state index contributed by atoms with van der Waals surface area (Å²) in [6.45, 7) is 2.65. The maximum atomic E-state index is 14.4. The molecule has 4 aromatic rings. The van der Waals surface area contributed by atoms with Gasteiger partial charge in [0.1, 0.15) is 0 Å². The number of amides is 1. The number of carbonyl (C=O) groups excluding carboxylic acids is 1. The first kappa shape index (κ1) is 26.9. The van der Waals surface area contributed by atoms with E-state index in [9.17, 15) is 22.8 Å². The predicted molar refractivity (Wildman–Crippen MR) is 151 cm³/mol. The second kappa shape index (κ2) is 10.5. The summed E-state index contributed by atoms with van der Waals surface area (Å²) >= 11 is 0. The molecule has 0 bridgehead atoms. The van der Waals surface area contributed by atoms with E-state index in [0.29, 0.717) is 46.0 Å². The van der Waals surface area contributed by atoms with Crippen molar-refractivity contribution < 1.29 is 18.0 Å². The largest absolute Gasteiger partial charge is 0.418 e.